The third-order valence-electron chi connectivity index (χ3n) is 4.27. The third-order valence-corrected chi connectivity index (χ3v) is 6.17. The predicted molar refractivity (Wildman–Crippen MR) is 98.4 cm³/mol. The molecule has 1 aliphatic heterocycles. The number of piperidine rings is 1. The number of nitriles is 1. The van der Waals surface area contributed by atoms with Gasteiger partial charge in [0.2, 0.25) is 15.9 Å². The van der Waals surface area contributed by atoms with Crippen LogP contribution in [-0.4, -0.2) is 50.3 Å². The lowest BCUT2D eigenvalue weighted by molar-refractivity contribution is -0.143. The molecule has 1 saturated heterocycles. The minimum Gasteiger partial charge on any atom is -0.465 e. The van der Waals surface area contributed by atoms with Crippen molar-refractivity contribution in [1.82, 2.24) is 9.62 Å². The van der Waals surface area contributed by atoms with Gasteiger partial charge in [-0.15, -0.1) is 0 Å². The highest BCUT2D eigenvalue weighted by atomic mass is 32.2. The maximum absolute atomic E-state index is 13.1. The molecule has 27 heavy (non-hydrogen) atoms. The molecule has 0 unspecified atom stereocenters. The predicted octanol–water partition coefficient (Wildman–Crippen LogP) is 1.14. The molecule has 0 bridgehead atoms. The summed E-state index contributed by atoms with van der Waals surface area (Å²) in [6.07, 6.45) is 8.14. The molecule has 0 aromatic heterocycles. The standard InChI is InChI=1S/C18H23N3O5S/c1-2-26-17(22)13-20-18(23)16-9-5-6-10-21(16)27(24,25)15-8-4-3-7-14(11-15)12-19/h3-4,8,11,16H,2,5-7,9-10,13H2,1H3,(H,20,23)/t16-/m0/s1. The molecule has 1 fully saturated rings. The first-order valence-corrected chi connectivity index (χ1v) is 10.3. The van der Waals surface area contributed by atoms with E-state index in [2.05, 4.69) is 5.32 Å². The van der Waals surface area contributed by atoms with Crippen molar-refractivity contribution in [2.75, 3.05) is 19.7 Å². The second kappa shape index (κ2) is 9.48. The molecule has 146 valence electrons. The highest BCUT2D eigenvalue weighted by molar-refractivity contribution is 7.93. The van der Waals surface area contributed by atoms with Crippen LogP contribution < -0.4 is 5.32 Å². The summed E-state index contributed by atoms with van der Waals surface area (Å²) >= 11 is 0. The molecule has 0 radical (unpaired) electrons. The van der Waals surface area contributed by atoms with Gasteiger partial charge in [-0.2, -0.15) is 9.57 Å². The number of allylic oxidation sites excluding steroid dienone is 5. The van der Waals surface area contributed by atoms with E-state index in [1.54, 1.807) is 19.1 Å². The summed E-state index contributed by atoms with van der Waals surface area (Å²) in [6.45, 7) is 1.76. The fraction of sp³-hybridized carbons (Fsp3) is 0.500. The van der Waals surface area contributed by atoms with Gasteiger partial charge < -0.3 is 10.1 Å². The number of nitrogens with zero attached hydrogens (tertiary/aromatic N) is 2. The molecule has 2 rings (SSSR count). The molecule has 0 saturated carbocycles. The highest BCUT2D eigenvalue weighted by Gasteiger charge is 2.38. The van der Waals surface area contributed by atoms with Crippen molar-refractivity contribution < 1.29 is 22.7 Å². The van der Waals surface area contributed by atoms with Crippen molar-refractivity contribution in [2.24, 2.45) is 0 Å². The van der Waals surface area contributed by atoms with Gasteiger partial charge in [0.05, 0.1) is 17.6 Å². The summed E-state index contributed by atoms with van der Waals surface area (Å²) in [6, 6.07) is 1.09. The smallest absolute Gasteiger partial charge is 0.325 e. The van der Waals surface area contributed by atoms with Crippen LogP contribution in [0.5, 0.6) is 0 Å². The minimum atomic E-state index is -3.96. The van der Waals surface area contributed by atoms with Crippen LogP contribution in [0.3, 0.4) is 0 Å². The molecule has 1 N–H and O–H groups in total. The second-order valence-electron chi connectivity index (χ2n) is 6.13. The Kier molecular flexibility index (Phi) is 7.33. The van der Waals surface area contributed by atoms with Crippen molar-refractivity contribution >= 4 is 21.9 Å². The number of amides is 1. The van der Waals surface area contributed by atoms with Gasteiger partial charge in [-0.3, -0.25) is 9.59 Å². The maximum atomic E-state index is 13.1. The fourth-order valence-corrected chi connectivity index (χ4v) is 4.67. The Morgan fingerprint density at radius 1 is 1.41 bits per heavy atom. The summed E-state index contributed by atoms with van der Waals surface area (Å²) in [5.74, 6) is -1.10. The molecule has 1 amide bonds. The van der Waals surface area contributed by atoms with Crippen molar-refractivity contribution in [3.63, 3.8) is 0 Å². The van der Waals surface area contributed by atoms with Crippen molar-refractivity contribution in [3.8, 4) is 6.07 Å². The zero-order chi connectivity index (χ0) is 19.9. The summed E-state index contributed by atoms with van der Waals surface area (Å²) in [5, 5.41) is 11.6. The van der Waals surface area contributed by atoms with E-state index in [0.717, 1.165) is 4.31 Å². The second-order valence-corrected chi connectivity index (χ2v) is 8.02. The van der Waals surface area contributed by atoms with Crippen LogP contribution in [0.15, 0.2) is 34.8 Å². The van der Waals surface area contributed by atoms with E-state index in [0.29, 0.717) is 31.3 Å². The maximum Gasteiger partial charge on any atom is 0.325 e. The summed E-state index contributed by atoms with van der Waals surface area (Å²) in [4.78, 5) is 23.9. The Morgan fingerprint density at radius 3 is 2.89 bits per heavy atom. The van der Waals surface area contributed by atoms with Gasteiger partial charge in [-0.1, -0.05) is 18.6 Å². The number of ether oxygens (including phenoxy) is 1. The lowest BCUT2D eigenvalue weighted by atomic mass is 10.0. The number of hydrogen-bond donors (Lipinski definition) is 1. The molecule has 9 heteroatoms. The van der Waals surface area contributed by atoms with E-state index in [9.17, 15) is 18.0 Å². The molecule has 2 aliphatic rings. The SMILES string of the molecule is CCOC(=O)CNC(=O)[C@@H]1CCCCN1S(=O)(=O)C1=CC=CCC(C#N)=C1. The lowest BCUT2D eigenvalue weighted by Gasteiger charge is -2.33. The van der Waals surface area contributed by atoms with Crippen LogP contribution in [0.2, 0.25) is 0 Å². The number of carbonyl (C=O) groups excluding carboxylic acids is 2. The monoisotopic (exact) mass is 393 g/mol. The Labute approximate surface area is 159 Å². The summed E-state index contributed by atoms with van der Waals surface area (Å²) in [5.41, 5.74) is 0.332. The van der Waals surface area contributed by atoms with Crippen LogP contribution in [-0.2, 0) is 24.3 Å². The van der Waals surface area contributed by atoms with E-state index in [-0.39, 0.29) is 24.6 Å². The summed E-state index contributed by atoms with van der Waals surface area (Å²) < 4.78 is 32.1. The Morgan fingerprint density at radius 2 is 2.19 bits per heavy atom. The van der Waals surface area contributed by atoms with Gasteiger partial charge in [0.25, 0.3) is 0 Å². The van der Waals surface area contributed by atoms with Crippen molar-refractivity contribution in [3.05, 3.63) is 34.8 Å². The van der Waals surface area contributed by atoms with Gasteiger partial charge in [0, 0.05) is 18.5 Å². The fourth-order valence-electron chi connectivity index (χ4n) is 2.95. The third kappa shape index (κ3) is 5.28. The van der Waals surface area contributed by atoms with Gasteiger partial charge in [-0.05, 0) is 31.9 Å². The van der Waals surface area contributed by atoms with Crippen molar-refractivity contribution in [1.29, 1.82) is 5.26 Å². The van der Waals surface area contributed by atoms with Crippen LogP contribution >= 0.6 is 0 Å². The van der Waals surface area contributed by atoms with Crippen LogP contribution in [0, 0.1) is 11.3 Å². The number of hydrogen-bond acceptors (Lipinski definition) is 6. The van der Waals surface area contributed by atoms with E-state index >= 15 is 0 Å². The van der Waals surface area contributed by atoms with Crippen LogP contribution in [0.1, 0.15) is 32.6 Å². The van der Waals surface area contributed by atoms with E-state index in [1.807, 2.05) is 6.07 Å². The Balaban J connectivity index is 2.21. The average Bonchev–Trinajstić information content (AvgIpc) is 2.92. The van der Waals surface area contributed by atoms with Crippen LogP contribution in [0.25, 0.3) is 0 Å². The topological polar surface area (TPSA) is 117 Å². The van der Waals surface area contributed by atoms with E-state index < -0.39 is 27.9 Å². The van der Waals surface area contributed by atoms with Gasteiger partial charge in [0.15, 0.2) is 0 Å². The number of esters is 1. The van der Waals surface area contributed by atoms with Crippen molar-refractivity contribution in [2.45, 2.75) is 38.6 Å². The molecular formula is C18H23N3O5S. The number of nitrogens with one attached hydrogen (secondary N) is 1. The first-order valence-electron chi connectivity index (χ1n) is 8.82. The first kappa shape index (κ1) is 20.9. The first-order chi connectivity index (χ1) is 12.9. The molecule has 1 heterocycles. The molecule has 0 spiro atoms. The Bertz CT molecular complexity index is 820. The number of carbonyl (C=O) groups is 2. The largest absolute Gasteiger partial charge is 0.465 e. The number of sulfonamides is 1. The Hall–Kier alpha value is -2.44. The van der Waals surface area contributed by atoms with Gasteiger partial charge >= 0.3 is 5.97 Å². The molecule has 0 aromatic carbocycles. The van der Waals surface area contributed by atoms with Crippen LogP contribution in [0.4, 0.5) is 0 Å². The molecule has 0 aromatic rings. The normalized spacial score (nSPS) is 20.7. The molecule has 8 nitrogen and oxygen atoms in total. The quantitative estimate of drug-likeness (QED) is 0.677. The average molecular weight is 393 g/mol. The minimum absolute atomic E-state index is 0.0158. The molecule has 1 aliphatic carbocycles. The zero-order valence-electron chi connectivity index (χ0n) is 15.2. The zero-order valence-corrected chi connectivity index (χ0v) is 16.0. The summed E-state index contributed by atoms with van der Waals surface area (Å²) in [7, 11) is -3.96. The molecule has 1 atom stereocenters. The van der Waals surface area contributed by atoms with Gasteiger partial charge in [0.1, 0.15) is 12.6 Å². The molecular weight excluding hydrogens is 370 g/mol. The lowest BCUT2D eigenvalue weighted by Crippen LogP contribution is -2.52. The highest BCUT2D eigenvalue weighted by Crippen LogP contribution is 2.27. The van der Waals surface area contributed by atoms with Gasteiger partial charge in [-0.25, -0.2) is 8.42 Å². The van der Waals surface area contributed by atoms with E-state index in [4.69, 9.17) is 10.00 Å². The number of rotatable bonds is 6. The van der Waals surface area contributed by atoms with E-state index in [1.165, 1.54) is 12.2 Å².